The fraction of sp³-hybridized carbons (Fsp3) is 0.643. The molecule has 1 atom stereocenters. The number of fused-ring (bicyclic) bond motifs is 1. The van der Waals surface area contributed by atoms with Crippen LogP contribution in [-0.4, -0.2) is 39.3 Å². The quantitative estimate of drug-likeness (QED) is 0.787. The van der Waals surface area contributed by atoms with Gasteiger partial charge in [0.1, 0.15) is 6.23 Å². The predicted molar refractivity (Wildman–Crippen MR) is 81.5 cm³/mol. The van der Waals surface area contributed by atoms with Gasteiger partial charge in [0.2, 0.25) is 11.2 Å². The lowest BCUT2D eigenvalue weighted by Gasteiger charge is -2.25. The Morgan fingerprint density at radius 3 is 2.68 bits per heavy atom. The average Bonchev–Trinajstić information content (AvgIpc) is 2.87. The van der Waals surface area contributed by atoms with Crippen molar-refractivity contribution in [1.82, 2.24) is 19.5 Å². The lowest BCUT2D eigenvalue weighted by molar-refractivity contribution is -0.0340. The van der Waals surface area contributed by atoms with Crippen molar-refractivity contribution in [1.29, 1.82) is 0 Å². The minimum atomic E-state index is -0.152. The van der Waals surface area contributed by atoms with E-state index in [0.717, 1.165) is 19.3 Å². The van der Waals surface area contributed by atoms with Gasteiger partial charge >= 0.3 is 6.01 Å². The minimum absolute atomic E-state index is 0.121. The standard InChI is InChI=1S/C14H19ClN4O3/c1-3-20-12-10-11(17-13(15)18-12)19(14(16-10)21-4-2)9-7-5-6-8-22-9/h9H,3-8H2,1-2H3. The van der Waals surface area contributed by atoms with Crippen molar-refractivity contribution >= 4 is 22.8 Å². The van der Waals surface area contributed by atoms with E-state index in [2.05, 4.69) is 15.0 Å². The van der Waals surface area contributed by atoms with Crippen LogP contribution in [0.3, 0.4) is 0 Å². The number of hydrogen-bond acceptors (Lipinski definition) is 6. The molecule has 2 aromatic rings. The normalized spacial score (nSPS) is 18.6. The van der Waals surface area contributed by atoms with Gasteiger partial charge in [-0.15, -0.1) is 0 Å². The van der Waals surface area contributed by atoms with Gasteiger partial charge in [0.05, 0.1) is 13.2 Å². The molecule has 1 fully saturated rings. The molecule has 0 aromatic carbocycles. The molecule has 3 rings (SSSR count). The van der Waals surface area contributed by atoms with Crippen LogP contribution in [0.25, 0.3) is 11.2 Å². The maximum Gasteiger partial charge on any atom is 0.300 e. The van der Waals surface area contributed by atoms with Crippen molar-refractivity contribution in [3.63, 3.8) is 0 Å². The van der Waals surface area contributed by atoms with Crippen LogP contribution in [0.5, 0.6) is 11.9 Å². The zero-order valence-electron chi connectivity index (χ0n) is 12.7. The Balaban J connectivity index is 2.15. The summed E-state index contributed by atoms with van der Waals surface area (Å²) < 4.78 is 18.9. The first-order valence-corrected chi connectivity index (χ1v) is 7.95. The average molecular weight is 327 g/mol. The lowest BCUT2D eigenvalue weighted by atomic mass is 10.2. The molecule has 8 heteroatoms. The third-order valence-corrected chi connectivity index (χ3v) is 3.62. The molecule has 22 heavy (non-hydrogen) atoms. The summed E-state index contributed by atoms with van der Waals surface area (Å²) in [5.41, 5.74) is 1.13. The lowest BCUT2D eigenvalue weighted by Crippen LogP contribution is -2.19. The van der Waals surface area contributed by atoms with Crippen LogP contribution < -0.4 is 9.47 Å². The number of ether oxygens (including phenoxy) is 3. The molecule has 1 saturated heterocycles. The highest BCUT2D eigenvalue weighted by Crippen LogP contribution is 2.34. The molecule has 1 aliphatic rings. The van der Waals surface area contributed by atoms with Gasteiger partial charge in [-0.05, 0) is 44.7 Å². The van der Waals surface area contributed by atoms with Crippen molar-refractivity contribution in [3.8, 4) is 11.9 Å². The molecule has 0 aliphatic carbocycles. The third kappa shape index (κ3) is 2.83. The summed E-state index contributed by atoms with van der Waals surface area (Å²) in [7, 11) is 0. The van der Waals surface area contributed by atoms with Crippen molar-refractivity contribution < 1.29 is 14.2 Å². The monoisotopic (exact) mass is 326 g/mol. The first-order valence-electron chi connectivity index (χ1n) is 7.57. The first kappa shape index (κ1) is 15.3. The Labute approximate surface area is 133 Å². The Morgan fingerprint density at radius 2 is 2.00 bits per heavy atom. The Hall–Kier alpha value is -1.60. The molecule has 2 aromatic heterocycles. The van der Waals surface area contributed by atoms with Crippen LogP contribution in [0, 0.1) is 0 Å². The number of hydrogen-bond donors (Lipinski definition) is 0. The van der Waals surface area contributed by atoms with Gasteiger partial charge in [0.25, 0.3) is 0 Å². The molecule has 1 aliphatic heterocycles. The summed E-state index contributed by atoms with van der Waals surface area (Å²) in [4.78, 5) is 12.9. The van der Waals surface area contributed by atoms with E-state index >= 15 is 0 Å². The highest BCUT2D eigenvalue weighted by Gasteiger charge is 2.26. The van der Waals surface area contributed by atoms with E-state index in [9.17, 15) is 0 Å². The minimum Gasteiger partial charge on any atom is -0.476 e. The van der Waals surface area contributed by atoms with E-state index in [4.69, 9.17) is 25.8 Å². The van der Waals surface area contributed by atoms with Gasteiger partial charge in [-0.2, -0.15) is 15.0 Å². The Kier molecular flexibility index (Phi) is 4.63. The number of aromatic nitrogens is 4. The molecule has 0 bridgehead atoms. The van der Waals surface area contributed by atoms with Gasteiger partial charge in [-0.1, -0.05) is 0 Å². The second-order valence-corrected chi connectivity index (χ2v) is 5.26. The highest BCUT2D eigenvalue weighted by molar-refractivity contribution is 6.28. The van der Waals surface area contributed by atoms with Gasteiger partial charge in [-0.25, -0.2) is 0 Å². The van der Waals surface area contributed by atoms with E-state index in [1.54, 1.807) is 0 Å². The van der Waals surface area contributed by atoms with E-state index < -0.39 is 0 Å². The molecule has 120 valence electrons. The van der Waals surface area contributed by atoms with Crippen LogP contribution in [0.15, 0.2) is 0 Å². The van der Waals surface area contributed by atoms with Crippen molar-refractivity contribution in [2.24, 2.45) is 0 Å². The van der Waals surface area contributed by atoms with Gasteiger partial charge < -0.3 is 14.2 Å². The zero-order valence-corrected chi connectivity index (χ0v) is 13.5. The van der Waals surface area contributed by atoms with E-state index in [-0.39, 0.29) is 11.5 Å². The molecule has 0 amide bonds. The number of rotatable bonds is 5. The second-order valence-electron chi connectivity index (χ2n) is 4.92. The summed E-state index contributed by atoms with van der Waals surface area (Å²) in [6.07, 6.45) is 2.89. The second kappa shape index (κ2) is 6.66. The molecule has 7 nitrogen and oxygen atoms in total. The SMILES string of the molecule is CCOc1nc(Cl)nc2c1nc(OCC)n2C1CCCCO1. The Bertz CT molecular complexity index is 655. The van der Waals surface area contributed by atoms with Crippen LogP contribution in [0.2, 0.25) is 5.28 Å². The zero-order chi connectivity index (χ0) is 15.5. The molecular formula is C14H19ClN4O3. The van der Waals surface area contributed by atoms with Crippen LogP contribution in [0.4, 0.5) is 0 Å². The molecule has 1 unspecified atom stereocenters. The molecular weight excluding hydrogens is 308 g/mol. The van der Waals surface area contributed by atoms with Crippen LogP contribution in [-0.2, 0) is 4.74 Å². The summed E-state index contributed by atoms with van der Waals surface area (Å²) >= 11 is 6.03. The topological polar surface area (TPSA) is 71.3 Å². The fourth-order valence-corrected chi connectivity index (χ4v) is 2.72. The predicted octanol–water partition coefficient (Wildman–Crippen LogP) is 2.98. The molecule has 0 N–H and O–H groups in total. The van der Waals surface area contributed by atoms with Gasteiger partial charge in [0.15, 0.2) is 11.2 Å². The first-order chi connectivity index (χ1) is 10.7. The van der Waals surface area contributed by atoms with E-state index in [1.807, 2.05) is 18.4 Å². The Morgan fingerprint density at radius 1 is 1.18 bits per heavy atom. The fourth-order valence-electron chi connectivity index (χ4n) is 2.56. The third-order valence-electron chi connectivity index (χ3n) is 3.45. The molecule has 0 saturated carbocycles. The van der Waals surface area contributed by atoms with Crippen molar-refractivity contribution in [2.45, 2.75) is 39.3 Å². The number of halogens is 1. The van der Waals surface area contributed by atoms with Crippen molar-refractivity contribution in [2.75, 3.05) is 19.8 Å². The summed E-state index contributed by atoms with van der Waals surface area (Å²) in [5, 5.41) is 0.121. The molecule has 3 heterocycles. The van der Waals surface area contributed by atoms with E-state index in [1.165, 1.54) is 0 Å². The maximum atomic E-state index is 6.03. The van der Waals surface area contributed by atoms with Crippen molar-refractivity contribution in [3.05, 3.63) is 5.28 Å². The summed E-state index contributed by atoms with van der Waals surface area (Å²) in [5.74, 6) is 0.369. The van der Waals surface area contributed by atoms with Gasteiger partial charge in [0, 0.05) is 6.61 Å². The van der Waals surface area contributed by atoms with Crippen LogP contribution >= 0.6 is 11.6 Å². The highest BCUT2D eigenvalue weighted by atomic mass is 35.5. The molecule has 0 spiro atoms. The number of nitrogens with zero attached hydrogens (tertiary/aromatic N) is 4. The smallest absolute Gasteiger partial charge is 0.300 e. The number of imidazole rings is 1. The summed E-state index contributed by atoms with van der Waals surface area (Å²) in [6.45, 7) is 5.48. The largest absolute Gasteiger partial charge is 0.476 e. The van der Waals surface area contributed by atoms with Gasteiger partial charge in [-0.3, -0.25) is 4.57 Å². The van der Waals surface area contributed by atoms with E-state index in [0.29, 0.717) is 42.9 Å². The maximum absolute atomic E-state index is 6.03. The van der Waals surface area contributed by atoms with Crippen LogP contribution in [0.1, 0.15) is 39.3 Å². The summed E-state index contributed by atoms with van der Waals surface area (Å²) in [6, 6.07) is 0.460. The molecule has 0 radical (unpaired) electrons.